The minimum absolute atomic E-state index is 0.00210. The molecule has 6 heteroatoms. The number of halogens is 3. The highest BCUT2D eigenvalue weighted by Crippen LogP contribution is 2.24. The number of aliphatic hydroxyl groups is 1. The van der Waals surface area contributed by atoms with E-state index in [1.807, 2.05) is 6.92 Å². The molecule has 0 heterocycles. The topological polar surface area (TPSA) is 49.3 Å². The molecular formula is C12H14Cl2FNO2. The van der Waals surface area contributed by atoms with Crippen LogP contribution in [0.2, 0.25) is 10.0 Å². The first-order valence-electron chi connectivity index (χ1n) is 5.56. The van der Waals surface area contributed by atoms with Crippen LogP contribution in [0.1, 0.15) is 30.1 Å². The van der Waals surface area contributed by atoms with Crippen LogP contribution in [-0.4, -0.2) is 23.7 Å². The fourth-order valence-electron chi connectivity index (χ4n) is 1.44. The minimum Gasteiger partial charge on any atom is -0.391 e. The Morgan fingerprint density at radius 3 is 2.72 bits per heavy atom. The highest BCUT2D eigenvalue weighted by molar-refractivity contribution is 6.36. The smallest absolute Gasteiger partial charge is 0.252 e. The Morgan fingerprint density at radius 1 is 1.44 bits per heavy atom. The summed E-state index contributed by atoms with van der Waals surface area (Å²) in [5, 5.41) is 11.9. The molecule has 0 aliphatic rings. The fourth-order valence-corrected chi connectivity index (χ4v) is 1.91. The Bertz CT molecular complexity index is 440. The van der Waals surface area contributed by atoms with Gasteiger partial charge in [0.05, 0.1) is 21.7 Å². The van der Waals surface area contributed by atoms with Crippen LogP contribution in [0.3, 0.4) is 0 Å². The van der Waals surface area contributed by atoms with Crippen molar-refractivity contribution in [1.82, 2.24) is 5.32 Å². The molecule has 1 aromatic carbocycles. The molecule has 1 unspecified atom stereocenters. The Morgan fingerprint density at radius 2 is 2.11 bits per heavy atom. The Balaban J connectivity index is 2.70. The van der Waals surface area contributed by atoms with Crippen LogP contribution in [0.15, 0.2) is 12.1 Å². The van der Waals surface area contributed by atoms with Gasteiger partial charge in [0, 0.05) is 6.54 Å². The first-order valence-corrected chi connectivity index (χ1v) is 6.32. The van der Waals surface area contributed by atoms with E-state index in [1.165, 1.54) is 6.07 Å². The lowest BCUT2D eigenvalue weighted by atomic mass is 10.2. The Hall–Kier alpha value is -0.840. The van der Waals surface area contributed by atoms with Crippen LogP contribution >= 0.6 is 23.2 Å². The van der Waals surface area contributed by atoms with Gasteiger partial charge in [0.1, 0.15) is 5.82 Å². The number of rotatable bonds is 5. The fraction of sp³-hybridized carbons (Fsp3) is 0.417. The summed E-state index contributed by atoms with van der Waals surface area (Å²) in [5.41, 5.74) is 0.00210. The molecule has 100 valence electrons. The summed E-state index contributed by atoms with van der Waals surface area (Å²) in [6.07, 6.45) is 0.783. The molecule has 2 N–H and O–H groups in total. The van der Waals surface area contributed by atoms with Gasteiger partial charge in [-0.15, -0.1) is 0 Å². The van der Waals surface area contributed by atoms with Gasteiger partial charge in [-0.3, -0.25) is 4.79 Å². The Labute approximate surface area is 115 Å². The molecular weight excluding hydrogens is 280 g/mol. The number of aliphatic hydroxyl groups excluding tert-OH is 1. The van der Waals surface area contributed by atoms with Crippen molar-refractivity contribution in [3.05, 3.63) is 33.6 Å². The Kier molecular flexibility index (Phi) is 5.85. The molecule has 0 aliphatic heterocycles. The van der Waals surface area contributed by atoms with Gasteiger partial charge < -0.3 is 10.4 Å². The van der Waals surface area contributed by atoms with Crippen molar-refractivity contribution in [3.8, 4) is 0 Å². The number of carbonyl (C=O) groups is 1. The number of benzene rings is 1. The van der Waals surface area contributed by atoms with E-state index in [0.717, 1.165) is 12.5 Å². The van der Waals surface area contributed by atoms with Crippen LogP contribution in [0, 0.1) is 5.82 Å². The van der Waals surface area contributed by atoms with Gasteiger partial charge in [0.15, 0.2) is 0 Å². The monoisotopic (exact) mass is 293 g/mol. The normalized spacial score (nSPS) is 12.3. The van der Waals surface area contributed by atoms with E-state index in [2.05, 4.69) is 5.32 Å². The second-order valence-corrected chi connectivity index (χ2v) is 4.71. The molecule has 0 aliphatic carbocycles. The van der Waals surface area contributed by atoms with Gasteiger partial charge >= 0.3 is 0 Å². The predicted octanol–water partition coefficient (Wildman–Crippen LogP) is 3.02. The van der Waals surface area contributed by atoms with Crippen molar-refractivity contribution in [2.45, 2.75) is 25.9 Å². The summed E-state index contributed by atoms with van der Waals surface area (Å²) >= 11 is 11.3. The molecule has 1 rings (SSSR count). The number of hydrogen-bond donors (Lipinski definition) is 2. The molecule has 1 atom stereocenters. The molecule has 0 bridgehead atoms. The van der Waals surface area contributed by atoms with Crippen molar-refractivity contribution in [2.24, 2.45) is 0 Å². The van der Waals surface area contributed by atoms with Gasteiger partial charge in [-0.1, -0.05) is 36.5 Å². The average Bonchev–Trinajstić information content (AvgIpc) is 2.31. The first kappa shape index (κ1) is 15.2. The molecule has 0 saturated heterocycles. The number of hydrogen-bond acceptors (Lipinski definition) is 2. The van der Waals surface area contributed by atoms with Crippen molar-refractivity contribution in [1.29, 1.82) is 0 Å². The number of carbonyl (C=O) groups excluding carboxylic acids is 1. The second kappa shape index (κ2) is 6.92. The van der Waals surface area contributed by atoms with E-state index >= 15 is 0 Å². The van der Waals surface area contributed by atoms with Crippen LogP contribution in [0.25, 0.3) is 0 Å². The molecule has 1 aromatic rings. The van der Waals surface area contributed by atoms with Crippen molar-refractivity contribution < 1.29 is 14.3 Å². The molecule has 0 fully saturated rings. The zero-order chi connectivity index (χ0) is 13.7. The maximum absolute atomic E-state index is 13.2. The lowest BCUT2D eigenvalue weighted by molar-refractivity contribution is 0.0910. The zero-order valence-electron chi connectivity index (χ0n) is 9.84. The van der Waals surface area contributed by atoms with Gasteiger partial charge in [-0.2, -0.15) is 0 Å². The van der Waals surface area contributed by atoms with Gasteiger partial charge in [0.2, 0.25) is 0 Å². The lowest BCUT2D eigenvalue weighted by Gasteiger charge is -2.11. The van der Waals surface area contributed by atoms with E-state index in [-0.39, 0.29) is 22.2 Å². The van der Waals surface area contributed by atoms with Gasteiger partial charge in [0.25, 0.3) is 5.91 Å². The molecule has 3 nitrogen and oxygen atoms in total. The van der Waals surface area contributed by atoms with Crippen molar-refractivity contribution >= 4 is 29.1 Å². The SMILES string of the molecule is CCCC(O)CNC(=O)c1cc(F)c(Cl)cc1Cl. The second-order valence-electron chi connectivity index (χ2n) is 3.90. The highest BCUT2D eigenvalue weighted by atomic mass is 35.5. The van der Waals surface area contributed by atoms with Crippen LogP contribution in [0.4, 0.5) is 4.39 Å². The van der Waals surface area contributed by atoms with E-state index < -0.39 is 17.8 Å². The number of amides is 1. The van der Waals surface area contributed by atoms with E-state index in [0.29, 0.717) is 6.42 Å². The van der Waals surface area contributed by atoms with E-state index in [1.54, 1.807) is 0 Å². The quantitative estimate of drug-likeness (QED) is 0.820. The van der Waals surface area contributed by atoms with E-state index in [4.69, 9.17) is 23.2 Å². The van der Waals surface area contributed by atoms with Crippen LogP contribution in [-0.2, 0) is 0 Å². The third-order valence-electron chi connectivity index (χ3n) is 2.37. The highest BCUT2D eigenvalue weighted by Gasteiger charge is 2.15. The van der Waals surface area contributed by atoms with Crippen LogP contribution < -0.4 is 5.32 Å². The van der Waals surface area contributed by atoms with Crippen molar-refractivity contribution in [2.75, 3.05) is 6.54 Å². The molecule has 18 heavy (non-hydrogen) atoms. The van der Waals surface area contributed by atoms with Gasteiger partial charge in [-0.25, -0.2) is 4.39 Å². The first-order chi connectivity index (χ1) is 8.45. The standard InChI is InChI=1S/C12H14Cl2FNO2/c1-2-3-7(17)6-16-12(18)8-4-11(15)10(14)5-9(8)13/h4-5,7,17H,2-3,6H2,1H3,(H,16,18). The maximum atomic E-state index is 13.2. The molecule has 1 amide bonds. The number of nitrogens with one attached hydrogen (secondary N) is 1. The molecule has 0 spiro atoms. The predicted molar refractivity (Wildman–Crippen MR) is 69.7 cm³/mol. The van der Waals surface area contributed by atoms with Crippen LogP contribution in [0.5, 0.6) is 0 Å². The summed E-state index contributed by atoms with van der Waals surface area (Å²) in [6, 6.07) is 2.15. The van der Waals surface area contributed by atoms with Gasteiger partial charge in [-0.05, 0) is 18.6 Å². The summed E-state index contributed by atoms with van der Waals surface area (Å²) in [7, 11) is 0. The third kappa shape index (κ3) is 4.12. The molecule has 0 radical (unpaired) electrons. The summed E-state index contributed by atoms with van der Waals surface area (Å²) in [5.74, 6) is -1.24. The minimum atomic E-state index is -0.708. The summed E-state index contributed by atoms with van der Waals surface area (Å²) < 4.78 is 13.2. The molecule has 0 aromatic heterocycles. The lowest BCUT2D eigenvalue weighted by Crippen LogP contribution is -2.32. The summed E-state index contributed by atoms with van der Waals surface area (Å²) in [4.78, 5) is 11.7. The maximum Gasteiger partial charge on any atom is 0.252 e. The average molecular weight is 294 g/mol. The van der Waals surface area contributed by atoms with Crippen molar-refractivity contribution in [3.63, 3.8) is 0 Å². The zero-order valence-corrected chi connectivity index (χ0v) is 11.4. The largest absolute Gasteiger partial charge is 0.391 e. The third-order valence-corrected chi connectivity index (χ3v) is 2.98. The molecule has 0 saturated carbocycles. The summed E-state index contributed by atoms with van der Waals surface area (Å²) in [6.45, 7) is 2.03. The van der Waals surface area contributed by atoms with E-state index in [9.17, 15) is 14.3 Å².